The summed E-state index contributed by atoms with van der Waals surface area (Å²) in [5, 5.41) is 0. The van der Waals surface area contributed by atoms with Gasteiger partial charge in [-0.3, -0.25) is 0 Å². The summed E-state index contributed by atoms with van der Waals surface area (Å²) in [7, 11) is 9.87. The number of benzene rings is 1. The standard InChI is InChI=1S/C13H15.2ClH.Zr/c1-2-3-6-11-9-12-7-4-5-8-13(12)10-11;;;/h4-5,7-10H,2-3,6H2,1H3;2*1H;/q;;;+2/p-2. The Kier molecular flexibility index (Phi) is 7.70. The molecule has 0 N–H and O–H groups in total. The second-order valence-corrected chi connectivity index (χ2v) is 7.40. The van der Waals surface area contributed by atoms with E-state index in [1.807, 2.05) is 0 Å². The third-order valence-corrected chi connectivity index (χ3v) is 2.50. The summed E-state index contributed by atoms with van der Waals surface area (Å²) in [5.41, 5.74) is 4.25. The first-order valence-corrected chi connectivity index (χ1v) is 11.8. The second-order valence-electron chi connectivity index (χ2n) is 3.67. The van der Waals surface area contributed by atoms with Gasteiger partial charge in [0.1, 0.15) is 0 Å². The van der Waals surface area contributed by atoms with Gasteiger partial charge in [0.15, 0.2) is 0 Å². The van der Waals surface area contributed by atoms with Gasteiger partial charge < -0.3 is 0 Å². The monoisotopic (exact) mass is 331 g/mol. The van der Waals surface area contributed by atoms with Crippen LogP contribution in [0.4, 0.5) is 0 Å². The van der Waals surface area contributed by atoms with Gasteiger partial charge in [-0.25, -0.2) is 0 Å². The maximum atomic E-state index is 4.93. The molecule has 1 aliphatic carbocycles. The van der Waals surface area contributed by atoms with Crippen LogP contribution in [0.15, 0.2) is 29.8 Å². The number of unbranched alkanes of at least 4 members (excludes halogenated alkanes) is 1. The molecule has 1 aliphatic rings. The van der Waals surface area contributed by atoms with Crippen molar-refractivity contribution in [3.05, 3.63) is 47.4 Å². The van der Waals surface area contributed by atoms with Crippen LogP contribution in [0.5, 0.6) is 0 Å². The molecular formula is C13H15Cl2Zr. The van der Waals surface area contributed by atoms with E-state index in [1.54, 1.807) is 0 Å². The van der Waals surface area contributed by atoms with Gasteiger partial charge in [-0.05, 0) is 24.0 Å². The summed E-state index contributed by atoms with van der Waals surface area (Å²) >= 11 is -0.826. The molecule has 0 fully saturated rings. The second kappa shape index (κ2) is 8.50. The van der Waals surface area contributed by atoms with Gasteiger partial charge in [0.05, 0.1) is 0 Å². The van der Waals surface area contributed by atoms with Crippen LogP contribution < -0.4 is 0 Å². The summed E-state index contributed by atoms with van der Waals surface area (Å²) < 4.78 is 0. The predicted octanol–water partition coefficient (Wildman–Crippen LogP) is 5.20. The molecule has 0 amide bonds. The zero-order chi connectivity index (χ0) is 11.8. The number of allylic oxidation sites excluding steroid dienone is 1. The summed E-state index contributed by atoms with van der Waals surface area (Å²) in [4.78, 5) is 0. The van der Waals surface area contributed by atoms with Gasteiger partial charge in [0.25, 0.3) is 0 Å². The SMILES string of the molecule is CCCCC1=Cc2ccccc2[CH]1.[Cl][Zr][Cl]. The van der Waals surface area contributed by atoms with Gasteiger partial charge in [-0.2, -0.15) is 0 Å². The first kappa shape index (κ1) is 14.5. The maximum absolute atomic E-state index is 4.93. The molecule has 0 saturated heterocycles. The number of rotatable bonds is 3. The molecule has 0 atom stereocenters. The third-order valence-electron chi connectivity index (χ3n) is 2.50. The van der Waals surface area contributed by atoms with Gasteiger partial charge in [-0.15, -0.1) is 0 Å². The molecule has 0 saturated carbocycles. The van der Waals surface area contributed by atoms with Crippen LogP contribution in [-0.2, 0) is 20.8 Å². The molecule has 1 aromatic rings. The summed E-state index contributed by atoms with van der Waals surface area (Å²) in [5.74, 6) is 0. The number of fused-ring (bicyclic) bond motifs is 1. The fraction of sp³-hybridized carbons (Fsp3) is 0.308. The molecule has 1 aromatic carbocycles. The van der Waals surface area contributed by atoms with Crippen molar-refractivity contribution in [2.75, 3.05) is 0 Å². The Bertz CT molecular complexity index is 348. The topological polar surface area (TPSA) is 0 Å². The van der Waals surface area contributed by atoms with Crippen LogP contribution in [0.2, 0.25) is 0 Å². The third kappa shape index (κ3) is 4.74. The predicted molar refractivity (Wildman–Crippen MR) is 69.1 cm³/mol. The van der Waals surface area contributed by atoms with Crippen molar-refractivity contribution in [2.45, 2.75) is 26.2 Å². The molecule has 0 heterocycles. The first-order chi connectivity index (χ1) is 7.81. The normalized spacial score (nSPS) is 12.3. The molecule has 85 valence electrons. The van der Waals surface area contributed by atoms with Gasteiger partial charge in [0, 0.05) is 6.42 Å². The molecule has 16 heavy (non-hydrogen) atoms. The average Bonchev–Trinajstić information content (AvgIpc) is 2.70. The van der Waals surface area contributed by atoms with Crippen LogP contribution >= 0.6 is 17.0 Å². The van der Waals surface area contributed by atoms with E-state index in [2.05, 4.69) is 43.7 Å². The van der Waals surface area contributed by atoms with Crippen LogP contribution in [-0.4, -0.2) is 0 Å². The zero-order valence-corrected chi connectivity index (χ0v) is 13.3. The molecule has 0 spiro atoms. The quantitative estimate of drug-likeness (QED) is 0.713. The Morgan fingerprint density at radius 1 is 1.12 bits per heavy atom. The molecule has 0 unspecified atom stereocenters. The Hall–Kier alpha value is 0.423. The van der Waals surface area contributed by atoms with E-state index in [4.69, 9.17) is 17.0 Å². The van der Waals surface area contributed by atoms with Crippen molar-refractivity contribution in [3.8, 4) is 0 Å². The van der Waals surface area contributed by atoms with Crippen LogP contribution in [0.3, 0.4) is 0 Å². The molecule has 0 aromatic heterocycles. The van der Waals surface area contributed by atoms with Gasteiger partial charge >= 0.3 is 37.9 Å². The average molecular weight is 333 g/mol. The van der Waals surface area contributed by atoms with Crippen molar-refractivity contribution >= 4 is 23.1 Å². The van der Waals surface area contributed by atoms with E-state index in [0.717, 1.165) is 0 Å². The molecule has 0 nitrogen and oxygen atoms in total. The van der Waals surface area contributed by atoms with E-state index < -0.39 is 20.8 Å². The summed E-state index contributed by atoms with van der Waals surface area (Å²) in [6.45, 7) is 2.24. The van der Waals surface area contributed by atoms with E-state index in [1.165, 1.54) is 36.0 Å². The number of hydrogen-bond donors (Lipinski definition) is 0. The number of hydrogen-bond acceptors (Lipinski definition) is 0. The summed E-state index contributed by atoms with van der Waals surface area (Å²) in [6, 6.07) is 8.58. The Balaban J connectivity index is 0.000000386. The Morgan fingerprint density at radius 3 is 2.31 bits per heavy atom. The van der Waals surface area contributed by atoms with Crippen LogP contribution in [0.1, 0.15) is 37.3 Å². The van der Waals surface area contributed by atoms with Crippen molar-refractivity contribution in [2.24, 2.45) is 0 Å². The van der Waals surface area contributed by atoms with Gasteiger partial charge in [-0.1, -0.05) is 49.3 Å². The van der Waals surface area contributed by atoms with E-state index in [9.17, 15) is 0 Å². The fourth-order valence-corrected chi connectivity index (χ4v) is 1.74. The minimum absolute atomic E-state index is 0.826. The van der Waals surface area contributed by atoms with Crippen molar-refractivity contribution in [3.63, 3.8) is 0 Å². The van der Waals surface area contributed by atoms with Crippen molar-refractivity contribution in [1.29, 1.82) is 0 Å². The molecule has 0 aliphatic heterocycles. The van der Waals surface area contributed by atoms with Crippen molar-refractivity contribution < 1.29 is 20.8 Å². The first-order valence-electron chi connectivity index (χ1n) is 5.42. The summed E-state index contributed by atoms with van der Waals surface area (Å²) in [6.07, 6.45) is 8.43. The Morgan fingerprint density at radius 2 is 1.75 bits per heavy atom. The van der Waals surface area contributed by atoms with E-state index >= 15 is 0 Å². The minimum atomic E-state index is -0.826. The Labute approximate surface area is 117 Å². The number of halogens is 2. The fourth-order valence-electron chi connectivity index (χ4n) is 1.74. The molecular weight excluding hydrogens is 318 g/mol. The molecule has 2 rings (SSSR count). The van der Waals surface area contributed by atoms with Gasteiger partial charge in [0.2, 0.25) is 0 Å². The van der Waals surface area contributed by atoms with E-state index in [0.29, 0.717) is 0 Å². The van der Waals surface area contributed by atoms with E-state index in [-0.39, 0.29) is 0 Å². The molecule has 1 radical (unpaired) electrons. The van der Waals surface area contributed by atoms with Crippen LogP contribution in [0, 0.1) is 6.42 Å². The van der Waals surface area contributed by atoms with Crippen molar-refractivity contribution in [1.82, 2.24) is 0 Å². The molecule has 3 heteroatoms. The zero-order valence-electron chi connectivity index (χ0n) is 9.34. The molecule has 0 bridgehead atoms. The van der Waals surface area contributed by atoms with Crippen LogP contribution in [0.25, 0.3) is 6.08 Å².